The van der Waals surface area contributed by atoms with Crippen molar-refractivity contribution in [3.8, 4) is 0 Å². The fraction of sp³-hybridized carbons (Fsp3) is 0.692. The van der Waals surface area contributed by atoms with Crippen molar-refractivity contribution in [3.05, 3.63) is 18.1 Å². The maximum atomic E-state index is 5.67. The van der Waals surface area contributed by atoms with E-state index in [1.54, 1.807) is 6.33 Å². The molecule has 0 aliphatic carbocycles. The van der Waals surface area contributed by atoms with Crippen LogP contribution in [0.25, 0.3) is 0 Å². The Morgan fingerprint density at radius 3 is 2.83 bits per heavy atom. The van der Waals surface area contributed by atoms with E-state index >= 15 is 0 Å². The van der Waals surface area contributed by atoms with E-state index in [9.17, 15) is 0 Å². The number of aromatic nitrogens is 2. The van der Waals surface area contributed by atoms with E-state index in [0.717, 1.165) is 43.9 Å². The van der Waals surface area contributed by atoms with E-state index in [0.29, 0.717) is 18.6 Å². The van der Waals surface area contributed by atoms with Crippen LogP contribution in [-0.4, -0.2) is 41.6 Å². The molecule has 1 fully saturated rings. The molecule has 5 heteroatoms. The van der Waals surface area contributed by atoms with E-state index in [2.05, 4.69) is 27.9 Å². The lowest BCUT2D eigenvalue weighted by molar-refractivity contribution is 0.0471. The third-order valence-corrected chi connectivity index (χ3v) is 3.42. The van der Waals surface area contributed by atoms with Crippen molar-refractivity contribution in [1.82, 2.24) is 9.97 Å². The van der Waals surface area contributed by atoms with Crippen LogP contribution in [-0.2, 0) is 11.2 Å². The minimum atomic E-state index is 0.354. The number of nitrogens with zero attached hydrogens (tertiary/aromatic N) is 3. The molecule has 2 rings (SSSR count). The van der Waals surface area contributed by atoms with Gasteiger partial charge in [0.15, 0.2) is 0 Å². The van der Waals surface area contributed by atoms with Crippen molar-refractivity contribution in [2.24, 2.45) is 0 Å². The van der Waals surface area contributed by atoms with Gasteiger partial charge >= 0.3 is 0 Å². The molecule has 4 nitrogen and oxygen atoms in total. The van der Waals surface area contributed by atoms with Crippen LogP contribution in [0.1, 0.15) is 25.5 Å². The molecule has 0 N–H and O–H groups in total. The van der Waals surface area contributed by atoms with E-state index in [4.69, 9.17) is 16.3 Å². The van der Waals surface area contributed by atoms with Gasteiger partial charge in [-0.2, -0.15) is 0 Å². The molecule has 0 aromatic carbocycles. The minimum absolute atomic E-state index is 0.354. The predicted molar refractivity (Wildman–Crippen MR) is 73.3 cm³/mol. The summed E-state index contributed by atoms with van der Waals surface area (Å²) < 4.78 is 5.67. The molecule has 0 unspecified atom stereocenters. The Labute approximate surface area is 113 Å². The first kappa shape index (κ1) is 13.6. The Bertz CT molecular complexity index is 367. The standard InChI is InChI=1S/C13H20ClN3O/c1-2-11-9-13(16-10-15-11)17-6-3-12(4-7-17)18-8-5-14/h9-10,12H,2-8H2,1H3. The summed E-state index contributed by atoms with van der Waals surface area (Å²) in [7, 11) is 0. The van der Waals surface area contributed by atoms with Crippen molar-refractivity contribution in [1.29, 1.82) is 0 Å². The zero-order valence-electron chi connectivity index (χ0n) is 10.8. The number of hydrogen-bond acceptors (Lipinski definition) is 4. The normalized spacial score (nSPS) is 17.1. The van der Waals surface area contributed by atoms with Crippen LogP contribution in [0.4, 0.5) is 5.82 Å². The first-order valence-corrected chi connectivity index (χ1v) is 7.10. The number of piperidine rings is 1. The van der Waals surface area contributed by atoms with Gasteiger partial charge in [-0.05, 0) is 19.3 Å². The summed E-state index contributed by atoms with van der Waals surface area (Å²) in [6.45, 7) is 4.75. The molecule has 100 valence electrons. The van der Waals surface area contributed by atoms with Crippen molar-refractivity contribution in [3.63, 3.8) is 0 Å². The van der Waals surface area contributed by atoms with E-state index in [-0.39, 0.29) is 0 Å². The highest BCUT2D eigenvalue weighted by Crippen LogP contribution is 2.19. The van der Waals surface area contributed by atoms with Crippen LogP contribution in [0, 0.1) is 0 Å². The molecule has 0 bridgehead atoms. The SMILES string of the molecule is CCc1cc(N2CCC(OCCCl)CC2)ncn1. The van der Waals surface area contributed by atoms with Crippen molar-refractivity contribution in [2.45, 2.75) is 32.3 Å². The predicted octanol–water partition coefficient (Wildman–Crippen LogP) is 2.26. The molecular weight excluding hydrogens is 250 g/mol. The molecule has 18 heavy (non-hydrogen) atoms. The highest BCUT2D eigenvalue weighted by molar-refractivity contribution is 6.17. The van der Waals surface area contributed by atoms with Crippen molar-refractivity contribution in [2.75, 3.05) is 30.5 Å². The number of anilines is 1. The molecule has 0 spiro atoms. The first-order chi connectivity index (χ1) is 8.83. The van der Waals surface area contributed by atoms with E-state index in [1.165, 1.54) is 0 Å². The molecule has 1 aromatic rings. The Morgan fingerprint density at radius 1 is 1.39 bits per heavy atom. The lowest BCUT2D eigenvalue weighted by atomic mass is 10.1. The lowest BCUT2D eigenvalue weighted by Gasteiger charge is -2.32. The van der Waals surface area contributed by atoms with Crippen molar-refractivity contribution >= 4 is 17.4 Å². The second-order valence-corrected chi connectivity index (χ2v) is 4.85. The highest BCUT2D eigenvalue weighted by atomic mass is 35.5. The van der Waals surface area contributed by atoms with Gasteiger partial charge in [-0.25, -0.2) is 9.97 Å². The molecule has 1 saturated heterocycles. The monoisotopic (exact) mass is 269 g/mol. The van der Waals surface area contributed by atoms with Crippen molar-refractivity contribution < 1.29 is 4.74 Å². The largest absolute Gasteiger partial charge is 0.377 e. The molecule has 1 aromatic heterocycles. The number of alkyl halides is 1. The first-order valence-electron chi connectivity index (χ1n) is 6.57. The smallest absolute Gasteiger partial charge is 0.132 e. The summed E-state index contributed by atoms with van der Waals surface area (Å²) >= 11 is 5.63. The van der Waals surface area contributed by atoms with Crippen LogP contribution >= 0.6 is 11.6 Å². The number of ether oxygens (including phenoxy) is 1. The highest BCUT2D eigenvalue weighted by Gasteiger charge is 2.20. The second-order valence-electron chi connectivity index (χ2n) is 4.47. The molecular formula is C13H20ClN3O. The van der Waals surface area contributed by atoms with Crippen LogP contribution in [0.3, 0.4) is 0 Å². The lowest BCUT2D eigenvalue weighted by Crippen LogP contribution is -2.37. The third-order valence-electron chi connectivity index (χ3n) is 3.27. The molecule has 1 aliphatic rings. The summed E-state index contributed by atoms with van der Waals surface area (Å²) in [6.07, 6.45) is 5.05. The fourth-order valence-corrected chi connectivity index (χ4v) is 2.30. The average Bonchev–Trinajstić information content (AvgIpc) is 2.46. The Morgan fingerprint density at radius 2 is 2.17 bits per heavy atom. The molecule has 0 saturated carbocycles. The van der Waals surface area contributed by atoms with Crippen LogP contribution in [0.2, 0.25) is 0 Å². The van der Waals surface area contributed by atoms with Gasteiger partial charge in [-0.15, -0.1) is 11.6 Å². The maximum Gasteiger partial charge on any atom is 0.132 e. The zero-order valence-corrected chi connectivity index (χ0v) is 11.6. The number of hydrogen-bond donors (Lipinski definition) is 0. The van der Waals surface area contributed by atoms with Crippen LogP contribution in [0.5, 0.6) is 0 Å². The fourth-order valence-electron chi connectivity index (χ4n) is 2.21. The number of aryl methyl sites for hydroxylation is 1. The van der Waals surface area contributed by atoms with E-state index < -0.39 is 0 Å². The molecule has 0 amide bonds. The van der Waals surface area contributed by atoms with Gasteiger partial charge in [0.1, 0.15) is 12.1 Å². The van der Waals surface area contributed by atoms with Crippen LogP contribution < -0.4 is 4.90 Å². The summed E-state index contributed by atoms with van der Waals surface area (Å²) in [5.74, 6) is 1.61. The quantitative estimate of drug-likeness (QED) is 0.769. The summed E-state index contributed by atoms with van der Waals surface area (Å²) in [5.41, 5.74) is 1.10. The zero-order chi connectivity index (χ0) is 12.8. The Kier molecular flexibility index (Phi) is 5.20. The third kappa shape index (κ3) is 3.56. The molecule has 1 aliphatic heterocycles. The topological polar surface area (TPSA) is 38.2 Å². The Hall–Kier alpha value is -0.870. The van der Waals surface area contributed by atoms with Gasteiger partial charge in [0, 0.05) is 30.7 Å². The molecule has 0 atom stereocenters. The summed E-state index contributed by atoms with van der Waals surface area (Å²) in [4.78, 5) is 10.9. The average molecular weight is 270 g/mol. The van der Waals surface area contributed by atoms with Gasteiger partial charge in [-0.1, -0.05) is 6.92 Å². The van der Waals surface area contributed by atoms with Gasteiger partial charge in [-0.3, -0.25) is 0 Å². The van der Waals surface area contributed by atoms with Crippen LogP contribution in [0.15, 0.2) is 12.4 Å². The minimum Gasteiger partial charge on any atom is -0.377 e. The maximum absolute atomic E-state index is 5.67. The second kappa shape index (κ2) is 6.90. The summed E-state index contributed by atoms with van der Waals surface area (Å²) in [5, 5.41) is 0. The van der Waals surface area contributed by atoms with E-state index in [1.807, 2.05) is 0 Å². The molecule has 2 heterocycles. The summed E-state index contributed by atoms with van der Waals surface area (Å²) in [6, 6.07) is 2.08. The van der Waals surface area contributed by atoms with Gasteiger partial charge in [0.25, 0.3) is 0 Å². The molecule has 0 radical (unpaired) electrons. The number of halogens is 1. The van der Waals surface area contributed by atoms with Gasteiger partial charge in [0.2, 0.25) is 0 Å². The van der Waals surface area contributed by atoms with Gasteiger partial charge < -0.3 is 9.64 Å². The Balaban J connectivity index is 1.88. The van der Waals surface area contributed by atoms with Gasteiger partial charge in [0.05, 0.1) is 12.7 Å². The number of rotatable bonds is 5.